The van der Waals surface area contributed by atoms with Gasteiger partial charge in [0.15, 0.2) is 0 Å². The van der Waals surface area contributed by atoms with Gasteiger partial charge in [0.1, 0.15) is 0 Å². The molecule has 0 saturated carbocycles. The van der Waals surface area contributed by atoms with Crippen LogP contribution in [0.4, 0.5) is 0 Å². The van der Waals surface area contributed by atoms with Gasteiger partial charge in [-0.3, -0.25) is 9.88 Å². The molecule has 1 N–H and O–H groups in total. The van der Waals surface area contributed by atoms with Gasteiger partial charge >= 0.3 is 0 Å². The number of hydrogen-bond donors (Lipinski definition) is 1. The van der Waals surface area contributed by atoms with Gasteiger partial charge in [-0.2, -0.15) is 0 Å². The Labute approximate surface area is 116 Å². The van der Waals surface area contributed by atoms with Crippen LogP contribution in [0, 0.1) is 0 Å². The van der Waals surface area contributed by atoms with Gasteiger partial charge in [0.05, 0.1) is 18.8 Å². The first-order valence-electron chi connectivity index (χ1n) is 6.91. The van der Waals surface area contributed by atoms with E-state index in [1.165, 1.54) is 0 Å². The Kier molecular flexibility index (Phi) is 6.99. The quantitative estimate of drug-likeness (QED) is 0.782. The molecule has 4 nitrogen and oxygen atoms in total. The standard InChI is InChI=1S/C15H26N2O2/c1-12(2)17(9-14-6-5-7-16-8-14)10-15(18)11-19-13(3)4/h5-8,12-13,15,18H,9-11H2,1-4H3. The minimum atomic E-state index is -0.457. The fourth-order valence-electron chi connectivity index (χ4n) is 1.81. The molecular formula is C15H26N2O2. The molecule has 0 spiro atoms. The van der Waals surface area contributed by atoms with Gasteiger partial charge in [0.25, 0.3) is 0 Å². The van der Waals surface area contributed by atoms with E-state index in [0.717, 1.165) is 12.1 Å². The minimum Gasteiger partial charge on any atom is -0.389 e. The van der Waals surface area contributed by atoms with E-state index in [9.17, 15) is 5.11 Å². The highest BCUT2D eigenvalue weighted by Crippen LogP contribution is 2.08. The molecule has 1 rings (SSSR count). The molecule has 0 aliphatic heterocycles. The SMILES string of the molecule is CC(C)OCC(O)CN(Cc1cccnc1)C(C)C. The summed E-state index contributed by atoms with van der Waals surface area (Å²) in [6.07, 6.45) is 3.34. The number of aromatic nitrogens is 1. The highest BCUT2D eigenvalue weighted by atomic mass is 16.5. The number of hydrogen-bond acceptors (Lipinski definition) is 4. The smallest absolute Gasteiger partial charge is 0.0900 e. The van der Waals surface area contributed by atoms with E-state index < -0.39 is 6.10 Å². The predicted octanol–water partition coefficient (Wildman–Crippen LogP) is 2.08. The van der Waals surface area contributed by atoms with Crippen molar-refractivity contribution in [3.05, 3.63) is 30.1 Å². The summed E-state index contributed by atoms with van der Waals surface area (Å²) in [6.45, 7) is 10.0. The monoisotopic (exact) mass is 266 g/mol. The van der Waals surface area contributed by atoms with E-state index >= 15 is 0 Å². The molecule has 0 aromatic carbocycles. The summed E-state index contributed by atoms with van der Waals surface area (Å²) in [5.74, 6) is 0. The van der Waals surface area contributed by atoms with Crippen molar-refractivity contribution < 1.29 is 9.84 Å². The lowest BCUT2D eigenvalue weighted by Crippen LogP contribution is -2.39. The highest BCUT2D eigenvalue weighted by Gasteiger charge is 2.15. The third kappa shape index (κ3) is 6.66. The zero-order valence-corrected chi connectivity index (χ0v) is 12.4. The molecule has 4 heteroatoms. The lowest BCUT2D eigenvalue weighted by molar-refractivity contribution is -0.0136. The summed E-state index contributed by atoms with van der Waals surface area (Å²) in [4.78, 5) is 6.35. The van der Waals surface area contributed by atoms with Crippen molar-refractivity contribution in [3.63, 3.8) is 0 Å². The summed E-state index contributed by atoms with van der Waals surface area (Å²) in [5, 5.41) is 10.0. The molecule has 1 aromatic heterocycles. The Balaban J connectivity index is 2.49. The maximum Gasteiger partial charge on any atom is 0.0900 e. The highest BCUT2D eigenvalue weighted by molar-refractivity contribution is 5.08. The number of rotatable bonds is 8. The molecule has 0 saturated heterocycles. The summed E-state index contributed by atoms with van der Waals surface area (Å²) >= 11 is 0. The first-order chi connectivity index (χ1) is 8.99. The van der Waals surface area contributed by atoms with Gasteiger partial charge in [-0.1, -0.05) is 6.07 Å². The van der Waals surface area contributed by atoms with Crippen molar-refractivity contribution in [2.45, 2.75) is 52.5 Å². The molecule has 1 atom stereocenters. The Morgan fingerprint density at radius 2 is 2.05 bits per heavy atom. The van der Waals surface area contributed by atoms with E-state index in [-0.39, 0.29) is 6.10 Å². The van der Waals surface area contributed by atoms with Crippen molar-refractivity contribution in [1.82, 2.24) is 9.88 Å². The lowest BCUT2D eigenvalue weighted by atomic mass is 10.2. The van der Waals surface area contributed by atoms with Crippen molar-refractivity contribution in [1.29, 1.82) is 0 Å². The average Bonchev–Trinajstić information content (AvgIpc) is 2.36. The topological polar surface area (TPSA) is 45.6 Å². The van der Waals surface area contributed by atoms with Gasteiger partial charge in [-0.15, -0.1) is 0 Å². The molecule has 1 unspecified atom stereocenters. The number of aliphatic hydroxyl groups excluding tert-OH is 1. The van der Waals surface area contributed by atoms with Crippen LogP contribution in [0.15, 0.2) is 24.5 Å². The van der Waals surface area contributed by atoms with Crippen LogP contribution >= 0.6 is 0 Å². The lowest BCUT2D eigenvalue weighted by Gasteiger charge is -2.29. The molecular weight excluding hydrogens is 240 g/mol. The second-order valence-electron chi connectivity index (χ2n) is 5.42. The van der Waals surface area contributed by atoms with E-state index in [1.54, 1.807) is 6.20 Å². The second-order valence-corrected chi connectivity index (χ2v) is 5.42. The van der Waals surface area contributed by atoms with E-state index in [1.807, 2.05) is 26.1 Å². The zero-order valence-electron chi connectivity index (χ0n) is 12.4. The minimum absolute atomic E-state index is 0.153. The van der Waals surface area contributed by atoms with Crippen molar-refractivity contribution in [2.75, 3.05) is 13.2 Å². The maximum absolute atomic E-state index is 10.0. The molecule has 0 bridgehead atoms. The number of pyridine rings is 1. The summed E-state index contributed by atoms with van der Waals surface area (Å²) < 4.78 is 5.45. The summed E-state index contributed by atoms with van der Waals surface area (Å²) in [7, 11) is 0. The summed E-state index contributed by atoms with van der Waals surface area (Å²) in [6, 6.07) is 4.36. The Hall–Kier alpha value is -0.970. The van der Waals surface area contributed by atoms with Gasteiger partial charge in [-0.25, -0.2) is 0 Å². The largest absolute Gasteiger partial charge is 0.389 e. The van der Waals surface area contributed by atoms with Gasteiger partial charge < -0.3 is 9.84 Å². The molecule has 1 heterocycles. The molecule has 1 aromatic rings. The number of nitrogens with zero attached hydrogens (tertiary/aromatic N) is 2. The van der Waals surface area contributed by atoms with E-state index in [2.05, 4.69) is 29.8 Å². The van der Waals surface area contributed by atoms with Gasteiger partial charge in [0, 0.05) is 31.5 Å². The normalized spacial score (nSPS) is 13.5. The molecule has 108 valence electrons. The predicted molar refractivity (Wildman–Crippen MR) is 76.9 cm³/mol. The fraction of sp³-hybridized carbons (Fsp3) is 0.667. The number of aliphatic hydroxyl groups is 1. The van der Waals surface area contributed by atoms with E-state index in [0.29, 0.717) is 19.2 Å². The third-order valence-electron chi connectivity index (χ3n) is 2.91. The molecule has 0 aliphatic carbocycles. The number of ether oxygens (including phenoxy) is 1. The third-order valence-corrected chi connectivity index (χ3v) is 2.91. The van der Waals surface area contributed by atoms with Crippen LogP contribution in [0.3, 0.4) is 0 Å². The van der Waals surface area contributed by atoms with E-state index in [4.69, 9.17) is 4.74 Å². The summed E-state index contributed by atoms with van der Waals surface area (Å²) in [5.41, 5.74) is 1.16. The molecule has 0 radical (unpaired) electrons. The molecule has 0 fully saturated rings. The van der Waals surface area contributed by atoms with Crippen LogP contribution in [0.2, 0.25) is 0 Å². The molecule has 19 heavy (non-hydrogen) atoms. The fourth-order valence-corrected chi connectivity index (χ4v) is 1.81. The second kappa shape index (κ2) is 8.25. The van der Waals surface area contributed by atoms with Gasteiger partial charge in [-0.05, 0) is 39.3 Å². The van der Waals surface area contributed by atoms with Crippen LogP contribution in [0.1, 0.15) is 33.3 Å². The Bertz CT molecular complexity index is 341. The van der Waals surface area contributed by atoms with Crippen LogP contribution in [-0.4, -0.2) is 46.4 Å². The van der Waals surface area contributed by atoms with Crippen molar-refractivity contribution >= 4 is 0 Å². The van der Waals surface area contributed by atoms with Crippen molar-refractivity contribution in [3.8, 4) is 0 Å². The first kappa shape index (κ1) is 16.1. The van der Waals surface area contributed by atoms with Crippen LogP contribution in [-0.2, 0) is 11.3 Å². The molecule has 0 amide bonds. The van der Waals surface area contributed by atoms with Crippen LogP contribution < -0.4 is 0 Å². The first-order valence-corrected chi connectivity index (χ1v) is 6.91. The van der Waals surface area contributed by atoms with Crippen molar-refractivity contribution in [2.24, 2.45) is 0 Å². The van der Waals surface area contributed by atoms with Crippen LogP contribution in [0.5, 0.6) is 0 Å². The Morgan fingerprint density at radius 1 is 1.32 bits per heavy atom. The van der Waals surface area contributed by atoms with Crippen LogP contribution in [0.25, 0.3) is 0 Å². The average molecular weight is 266 g/mol. The zero-order chi connectivity index (χ0) is 14.3. The Morgan fingerprint density at radius 3 is 2.58 bits per heavy atom. The molecule has 0 aliphatic rings. The van der Waals surface area contributed by atoms with Gasteiger partial charge in [0.2, 0.25) is 0 Å². The maximum atomic E-state index is 10.0.